The zero-order valence-corrected chi connectivity index (χ0v) is 13.6. The van der Waals surface area contributed by atoms with E-state index >= 15 is 0 Å². The van der Waals surface area contributed by atoms with Crippen molar-refractivity contribution in [3.05, 3.63) is 54.6 Å². The number of amides is 1. The number of para-hydroxylation sites is 1. The molecule has 1 aliphatic rings. The standard InChI is InChI=1S/C18H20N2O2.ClH/c21-18(17-11-4-5-12-19-17)20-14-7-6-10-16(13-14)22-15-8-2-1-3-9-15;/h1-3,6-10,13,17,19H,4-5,11-12H2,(H,20,21);1H/t17-;/m0./s1. The number of nitrogens with one attached hydrogen (secondary N) is 2. The Bertz CT molecular complexity index is 628. The minimum atomic E-state index is -0.0903. The summed E-state index contributed by atoms with van der Waals surface area (Å²) in [4.78, 5) is 12.2. The molecule has 0 aromatic heterocycles. The Balaban J connectivity index is 0.00000192. The first-order chi connectivity index (χ1) is 10.8. The van der Waals surface area contributed by atoms with Crippen LogP contribution in [0, 0.1) is 0 Å². The van der Waals surface area contributed by atoms with Crippen LogP contribution in [-0.2, 0) is 4.79 Å². The lowest BCUT2D eigenvalue weighted by molar-refractivity contribution is -0.118. The number of ether oxygens (including phenoxy) is 1. The smallest absolute Gasteiger partial charge is 0.241 e. The van der Waals surface area contributed by atoms with Gasteiger partial charge in [-0.2, -0.15) is 0 Å². The highest BCUT2D eigenvalue weighted by Gasteiger charge is 2.20. The third-order valence-electron chi connectivity index (χ3n) is 3.71. The summed E-state index contributed by atoms with van der Waals surface area (Å²) in [5.74, 6) is 1.51. The van der Waals surface area contributed by atoms with Crippen molar-refractivity contribution in [1.29, 1.82) is 0 Å². The van der Waals surface area contributed by atoms with Gasteiger partial charge in [-0.25, -0.2) is 0 Å². The molecule has 0 unspecified atom stereocenters. The highest BCUT2D eigenvalue weighted by Crippen LogP contribution is 2.24. The van der Waals surface area contributed by atoms with Crippen LogP contribution < -0.4 is 15.4 Å². The quantitative estimate of drug-likeness (QED) is 0.890. The Morgan fingerprint density at radius 2 is 1.83 bits per heavy atom. The molecule has 1 aliphatic heterocycles. The number of carbonyl (C=O) groups is 1. The van der Waals surface area contributed by atoms with Crippen LogP contribution in [0.5, 0.6) is 11.5 Å². The van der Waals surface area contributed by atoms with Gasteiger partial charge < -0.3 is 15.4 Å². The van der Waals surface area contributed by atoms with E-state index in [9.17, 15) is 4.79 Å². The second-order valence-corrected chi connectivity index (χ2v) is 5.43. The van der Waals surface area contributed by atoms with E-state index in [4.69, 9.17) is 4.74 Å². The second-order valence-electron chi connectivity index (χ2n) is 5.43. The van der Waals surface area contributed by atoms with Crippen molar-refractivity contribution in [2.75, 3.05) is 11.9 Å². The molecule has 1 saturated heterocycles. The van der Waals surface area contributed by atoms with Crippen molar-refractivity contribution in [3.8, 4) is 11.5 Å². The van der Waals surface area contributed by atoms with Crippen LogP contribution in [0.3, 0.4) is 0 Å². The number of carbonyl (C=O) groups excluding carboxylic acids is 1. The van der Waals surface area contributed by atoms with Crippen molar-refractivity contribution in [2.24, 2.45) is 0 Å². The number of rotatable bonds is 4. The van der Waals surface area contributed by atoms with E-state index in [1.165, 1.54) is 0 Å². The molecule has 0 radical (unpaired) electrons. The molecule has 3 rings (SSSR count). The summed E-state index contributed by atoms with van der Waals surface area (Å²) in [5, 5.41) is 6.21. The third-order valence-corrected chi connectivity index (χ3v) is 3.71. The maximum absolute atomic E-state index is 12.2. The Morgan fingerprint density at radius 3 is 2.57 bits per heavy atom. The lowest BCUT2D eigenvalue weighted by Gasteiger charge is -2.22. The van der Waals surface area contributed by atoms with E-state index in [2.05, 4.69) is 10.6 Å². The van der Waals surface area contributed by atoms with E-state index in [0.29, 0.717) is 5.75 Å². The van der Waals surface area contributed by atoms with Crippen LogP contribution in [0.15, 0.2) is 54.6 Å². The molecule has 1 fully saturated rings. The first-order valence-corrected chi connectivity index (χ1v) is 7.68. The predicted molar refractivity (Wildman–Crippen MR) is 94.5 cm³/mol. The largest absolute Gasteiger partial charge is 0.457 e. The van der Waals surface area contributed by atoms with E-state index in [1.54, 1.807) is 0 Å². The molecule has 122 valence electrons. The molecule has 5 heteroatoms. The van der Waals surface area contributed by atoms with E-state index in [-0.39, 0.29) is 24.4 Å². The fraction of sp³-hybridized carbons (Fsp3) is 0.278. The van der Waals surface area contributed by atoms with Gasteiger partial charge in [0.05, 0.1) is 6.04 Å². The minimum absolute atomic E-state index is 0. The molecule has 0 aliphatic carbocycles. The van der Waals surface area contributed by atoms with E-state index in [0.717, 1.165) is 37.2 Å². The van der Waals surface area contributed by atoms with Gasteiger partial charge in [-0.3, -0.25) is 4.79 Å². The molecule has 1 atom stereocenters. The number of benzene rings is 2. The minimum Gasteiger partial charge on any atom is -0.457 e. The van der Waals surface area contributed by atoms with Gasteiger partial charge in [-0.05, 0) is 43.7 Å². The second kappa shape index (κ2) is 8.56. The van der Waals surface area contributed by atoms with Gasteiger partial charge in [0.1, 0.15) is 11.5 Å². The third kappa shape index (κ3) is 4.98. The molecule has 0 saturated carbocycles. The van der Waals surface area contributed by atoms with Crippen molar-refractivity contribution in [3.63, 3.8) is 0 Å². The fourth-order valence-corrected chi connectivity index (χ4v) is 2.57. The molecule has 0 spiro atoms. The maximum Gasteiger partial charge on any atom is 0.241 e. The SMILES string of the molecule is Cl.O=C(Nc1cccc(Oc2ccccc2)c1)[C@@H]1CCCCN1. The van der Waals surface area contributed by atoms with Crippen LogP contribution in [-0.4, -0.2) is 18.5 Å². The number of anilines is 1. The van der Waals surface area contributed by atoms with Crippen LogP contribution in [0.25, 0.3) is 0 Å². The molecular weight excluding hydrogens is 312 g/mol. The average Bonchev–Trinajstić information content (AvgIpc) is 2.57. The molecule has 2 aromatic carbocycles. The van der Waals surface area contributed by atoms with E-state index < -0.39 is 0 Å². The lowest BCUT2D eigenvalue weighted by Crippen LogP contribution is -2.43. The van der Waals surface area contributed by atoms with Crippen LogP contribution in [0.2, 0.25) is 0 Å². The summed E-state index contributed by atoms with van der Waals surface area (Å²) in [6, 6.07) is 17.0. The molecule has 1 amide bonds. The highest BCUT2D eigenvalue weighted by molar-refractivity contribution is 5.95. The van der Waals surface area contributed by atoms with Crippen LogP contribution in [0.4, 0.5) is 5.69 Å². The van der Waals surface area contributed by atoms with Gasteiger partial charge in [0.25, 0.3) is 0 Å². The maximum atomic E-state index is 12.2. The number of hydrogen-bond donors (Lipinski definition) is 2. The predicted octanol–water partition coefficient (Wildman–Crippen LogP) is 3.98. The Kier molecular flexibility index (Phi) is 6.44. The summed E-state index contributed by atoms with van der Waals surface area (Å²) in [7, 11) is 0. The summed E-state index contributed by atoms with van der Waals surface area (Å²) < 4.78 is 5.78. The lowest BCUT2D eigenvalue weighted by atomic mass is 10.0. The number of hydrogen-bond acceptors (Lipinski definition) is 3. The molecule has 2 N–H and O–H groups in total. The first-order valence-electron chi connectivity index (χ1n) is 7.68. The number of halogens is 1. The van der Waals surface area contributed by atoms with Gasteiger partial charge in [0, 0.05) is 11.8 Å². The van der Waals surface area contributed by atoms with Crippen molar-refractivity contribution in [2.45, 2.75) is 25.3 Å². The highest BCUT2D eigenvalue weighted by atomic mass is 35.5. The van der Waals surface area contributed by atoms with Crippen LogP contribution in [0.1, 0.15) is 19.3 Å². The summed E-state index contributed by atoms with van der Waals surface area (Å²) >= 11 is 0. The topological polar surface area (TPSA) is 50.4 Å². The summed E-state index contributed by atoms with van der Waals surface area (Å²) in [5.41, 5.74) is 0.755. The molecular formula is C18H21ClN2O2. The van der Waals surface area contributed by atoms with Gasteiger partial charge in [-0.15, -0.1) is 12.4 Å². The molecule has 0 bridgehead atoms. The van der Waals surface area contributed by atoms with Gasteiger partial charge >= 0.3 is 0 Å². The van der Waals surface area contributed by atoms with Crippen molar-refractivity contribution >= 4 is 24.0 Å². The van der Waals surface area contributed by atoms with Crippen molar-refractivity contribution in [1.82, 2.24) is 5.32 Å². The van der Waals surface area contributed by atoms with Crippen LogP contribution >= 0.6 is 12.4 Å². The first kappa shape index (κ1) is 17.3. The average molecular weight is 333 g/mol. The molecule has 4 nitrogen and oxygen atoms in total. The fourth-order valence-electron chi connectivity index (χ4n) is 2.57. The normalized spacial score (nSPS) is 17.0. The molecule has 1 heterocycles. The monoisotopic (exact) mass is 332 g/mol. The molecule has 23 heavy (non-hydrogen) atoms. The van der Waals surface area contributed by atoms with Gasteiger partial charge in [0.15, 0.2) is 0 Å². The summed E-state index contributed by atoms with van der Waals surface area (Å²) in [6.45, 7) is 0.912. The van der Waals surface area contributed by atoms with E-state index in [1.807, 2.05) is 54.6 Å². The van der Waals surface area contributed by atoms with Crippen molar-refractivity contribution < 1.29 is 9.53 Å². The van der Waals surface area contributed by atoms with Gasteiger partial charge in [-0.1, -0.05) is 30.7 Å². The Labute approximate surface area is 142 Å². The Morgan fingerprint density at radius 1 is 1.04 bits per heavy atom. The molecule has 2 aromatic rings. The zero-order valence-electron chi connectivity index (χ0n) is 12.8. The zero-order chi connectivity index (χ0) is 15.2. The van der Waals surface area contributed by atoms with Gasteiger partial charge in [0.2, 0.25) is 5.91 Å². The number of piperidine rings is 1. The Hall–Kier alpha value is -2.04. The summed E-state index contributed by atoms with van der Waals surface area (Å²) in [6.07, 6.45) is 3.14.